The lowest BCUT2D eigenvalue weighted by molar-refractivity contribution is -0.385. The molecule has 1 fully saturated rings. The summed E-state index contributed by atoms with van der Waals surface area (Å²) in [5.41, 5.74) is 0.420. The Labute approximate surface area is 154 Å². The van der Waals surface area contributed by atoms with Gasteiger partial charge in [-0.1, -0.05) is 29.8 Å². The summed E-state index contributed by atoms with van der Waals surface area (Å²) in [5, 5.41) is 14.0. The molecule has 0 radical (unpaired) electrons. The van der Waals surface area contributed by atoms with Crippen LogP contribution in [-0.4, -0.2) is 29.8 Å². The van der Waals surface area contributed by atoms with Gasteiger partial charge in [0.2, 0.25) is 5.91 Å². The summed E-state index contributed by atoms with van der Waals surface area (Å²) in [7, 11) is 0. The van der Waals surface area contributed by atoms with Crippen LogP contribution in [-0.2, 0) is 4.79 Å². The third kappa shape index (κ3) is 3.83. The van der Waals surface area contributed by atoms with Gasteiger partial charge in [0.1, 0.15) is 5.56 Å². The second-order valence-electron chi connectivity index (χ2n) is 6.04. The SMILES string of the molecule is O=C(NCC1CC(=O)N(c2ccccc2)C1)c1cc(Cl)ccc1[N+](=O)[O-]. The average Bonchev–Trinajstić information content (AvgIpc) is 3.01. The predicted octanol–water partition coefficient (Wildman–Crippen LogP) is 3.03. The molecule has 7 nitrogen and oxygen atoms in total. The Morgan fingerprint density at radius 1 is 1.27 bits per heavy atom. The molecule has 2 aromatic carbocycles. The smallest absolute Gasteiger partial charge is 0.282 e. The van der Waals surface area contributed by atoms with Crippen LogP contribution < -0.4 is 10.2 Å². The zero-order chi connectivity index (χ0) is 18.7. The van der Waals surface area contributed by atoms with E-state index in [9.17, 15) is 19.7 Å². The molecule has 0 bridgehead atoms. The number of hydrogen-bond acceptors (Lipinski definition) is 4. The fourth-order valence-corrected chi connectivity index (χ4v) is 3.13. The van der Waals surface area contributed by atoms with Crippen molar-refractivity contribution < 1.29 is 14.5 Å². The lowest BCUT2D eigenvalue weighted by Gasteiger charge is -2.16. The Kier molecular flexibility index (Phi) is 5.18. The van der Waals surface area contributed by atoms with Crippen molar-refractivity contribution in [2.24, 2.45) is 5.92 Å². The van der Waals surface area contributed by atoms with E-state index in [1.54, 1.807) is 4.90 Å². The van der Waals surface area contributed by atoms with Crippen molar-refractivity contribution in [3.63, 3.8) is 0 Å². The summed E-state index contributed by atoms with van der Waals surface area (Å²) < 4.78 is 0. The normalized spacial score (nSPS) is 16.6. The Hall–Kier alpha value is -2.93. The highest BCUT2D eigenvalue weighted by molar-refractivity contribution is 6.31. The van der Waals surface area contributed by atoms with Crippen LogP contribution in [0.5, 0.6) is 0 Å². The summed E-state index contributed by atoms with van der Waals surface area (Å²) >= 11 is 5.84. The van der Waals surface area contributed by atoms with Gasteiger partial charge in [0.05, 0.1) is 4.92 Å². The van der Waals surface area contributed by atoms with Crippen LogP contribution in [0.1, 0.15) is 16.8 Å². The van der Waals surface area contributed by atoms with E-state index in [0.29, 0.717) is 13.0 Å². The van der Waals surface area contributed by atoms with Crippen LogP contribution in [0.15, 0.2) is 48.5 Å². The van der Waals surface area contributed by atoms with E-state index < -0.39 is 10.8 Å². The number of carbonyl (C=O) groups is 2. The molecular weight excluding hydrogens is 358 g/mol. The largest absolute Gasteiger partial charge is 0.351 e. The van der Waals surface area contributed by atoms with Gasteiger partial charge in [0.15, 0.2) is 0 Å². The molecule has 1 aliphatic heterocycles. The molecule has 3 rings (SSSR count). The lowest BCUT2D eigenvalue weighted by Crippen LogP contribution is -2.31. The molecule has 1 unspecified atom stereocenters. The van der Waals surface area contributed by atoms with Crippen molar-refractivity contribution in [1.29, 1.82) is 0 Å². The van der Waals surface area contributed by atoms with E-state index >= 15 is 0 Å². The molecule has 1 heterocycles. The van der Waals surface area contributed by atoms with Gasteiger partial charge in [-0.05, 0) is 24.3 Å². The number of nitrogens with zero attached hydrogens (tertiary/aromatic N) is 2. The summed E-state index contributed by atoms with van der Waals surface area (Å²) in [6.07, 6.45) is 0.312. The van der Waals surface area contributed by atoms with E-state index in [1.807, 2.05) is 30.3 Å². The molecule has 1 atom stereocenters. The van der Waals surface area contributed by atoms with E-state index in [2.05, 4.69) is 5.32 Å². The predicted molar refractivity (Wildman–Crippen MR) is 97.3 cm³/mol. The van der Waals surface area contributed by atoms with Crippen molar-refractivity contribution in [3.05, 3.63) is 69.2 Å². The number of rotatable bonds is 5. The minimum Gasteiger partial charge on any atom is -0.351 e. The van der Waals surface area contributed by atoms with E-state index in [1.165, 1.54) is 18.2 Å². The number of nitro groups is 1. The summed E-state index contributed by atoms with van der Waals surface area (Å²) in [4.78, 5) is 36.7. The monoisotopic (exact) mass is 373 g/mol. The third-order valence-corrected chi connectivity index (χ3v) is 4.46. The summed E-state index contributed by atoms with van der Waals surface area (Å²) in [5.74, 6) is -0.654. The molecule has 26 heavy (non-hydrogen) atoms. The molecule has 2 aromatic rings. The highest BCUT2D eigenvalue weighted by Gasteiger charge is 2.31. The number of nitrogens with one attached hydrogen (secondary N) is 1. The van der Waals surface area contributed by atoms with Crippen molar-refractivity contribution in [2.45, 2.75) is 6.42 Å². The zero-order valence-electron chi connectivity index (χ0n) is 13.7. The van der Waals surface area contributed by atoms with Gasteiger partial charge < -0.3 is 10.2 Å². The number of para-hydroxylation sites is 1. The summed E-state index contributed by atoms with van der Waals surface area (Å²) in [6.45, 7) is 0.734. The lowest BCUT2D eigenvalue weighted by atomic mass is 10.1. The fourth-order valence-electron chi connectivity index (χ4n) is 2.96. The first-order valence-corrected chi connectivity index (χ1v) is 8.41. The van der Waals surface area contributed by atoms with Crippen LogP contribution in [0.3, 0.4) is 0 Å². The minimum absolute atomic E-state index is 0.0100. The quantitative estimate of drug-likeness (QED) is 0.644. The highest BCUT2D eigenvalue weighted by atomic mass is 35.5. The molecule has 134 valence electrons. The molecule has 1 N–H and O–H groups in total. The Bertz CT molecular complexity index is 857. The molecule has 1 aliphatic rings. The van der Waals surface area contributed by atoms with Crippen molar-refractivity contribution >= 4 is 34.8 Å². The van der Waals surface area contributed by atoms with E-state index in [-0.39, 0.29) is 34.6 Å². The molecule has 0 aromatic heterocycles. The maximum atomic E-state index is 12.3. The van der Waals surface area contributed by atoms with Crippen LogP contribution in [0, 0.1) is 16.0 Å². The number of carbonyl (C=O) groups excluding carboxylic acids is 2. The van der Waals surface area contributed by atoms with Crippen molar-refractivity contribution in [3.8, 4) is 0 Å². The van der Waals surface area contributed by atoms with Gasteiger partial charge in [0, 0.05) is 42.2 Å². The third-order valence-electron chi connectivity index (χ3n) is 4.22. The van der Waals surface area contributed by atoms with Crippen LogP contribution in [0.2, 0.25) is 5.02 Å². The van der Waals surface area contributed by atoms with E-state index in [0.717, 1.165) is 5.69 Å². The van der Waals surface area contributed by atoms with Gasteiger partial charge in [0.25, 0.3) is 11.6 Å². The molecule has 0 spiro atoms. The van der Waals surface area contributed by atoms with Gasteiger partial charge in [-0.2, -0.15) is 0 Å². The maximum absolute atomic E-state index is 12.3. The number of nitro benzene ring substituents is 1. The Morgan fingerprint density at radius 3 is 2.69 bits per heavy atom. The topological polar surface area (TPSA) is 92.6 Å². The first kappa shape index (κ1) is 17.9. The molecule has 8 heteroatoms. The Balaban J connectivity index is 1.65. The first-order valence-electron chi connectivity index (χ1n) is 8.03. The zero-order valence-corrected chi connectivity index (χ0v) is 14.5. The molecule has 0 saturated carbocycles. The van der Waals surface area contributed by atoms with Crippen LogP contribution in [0.25, 0.3) is 0 Å². The fraction of sp³-hybridized carbons (Fsp3) is 0.222. The number of amides is 2. The molecular formula is C18H16ClN3O4. The summed E-state index contributed by atoms with van der Waals surface area (Å²) in [6, 6.07) is 13.1. The van der Waals surface area contributed by atoms with Gasteiger partial charge in [-0.25, -0.2) is 0 Å². The minimum atomic E-state index is -0.624. The second-order valence-corrected chi connectivity index (χ2v) is 6.48. The van der Waals surface area contributed by atoms with Gasteiger partial charge in [-0.15, -0.1) is 0 Å². The first-order chi connectivity index (χ1) is 12.5. The van der Waals surface area contributed by atoms with Crippen molar-refractivity contribution in [2.75, 3.05) is 18.0 Å². The van der Waals surface area contributed by atoms with Gasteiger partial charge in [-0.3, -0.25) is 19.7 Å². The number of halogens is 1. The highest BCUT2D eigenvalue weighted by Crippen LogP contribution is 2.25. The number of hydrogen-bond donors (Lipinski definition) is 1. The van der Waals surface area contributed by atoms with Gasteiger partial charge >= 0.3 is 0 Å². The molecule has 0 aliphatic carbocycles. The van der Waals surface area contributed by atoms with Crippen LogP contribution >= 0.6 is 11.6 Å². The maximum Gasteiger partial charge on any atom is 0.282 e. The molecule has 2 amide bonds. The number of anilines is 1. The van der Waals surface area contributed by atoms with Crippen molar-refractivity contribution in [1.82, 2.24) is 5.32 Å². The van der Waals surface area contributed by atoms with Crippen LogP contribution in [0.4, 0.5) is 11.4 Å². The van der Waals surface area contributed by atoms with E-state index in [4.69, 9.17) is 11.6 Å². The Morgan fingerprint density at radius 2 is 2.00 bits per heavy atom. The second kappa shape index (κ2) is 7.53. The standard InChI is InChI=1S/C18H16ClN3O4/c19-13-6-7-16(22(25)26)15(9-13)18(24)20-10-12-8-17(23)21(11-12)14-4-2-1-3-5-14/h1-7,9,12H,8,10-11H2,(H,20,24). The number of benzene rings is 2. The molecule has 1 saturated heterocycles. The average molecular weight is 374 g/mol.